The summed E-state index contributed by atoms with van der Waals surface area (Å²) >= 11 is 0. The summed E-state index contributed by atoms with van der Waals surface area (Å²) in [5.74, 6) is -3.15. The lowest BCUT2D eigenvalue weighted by Crippen LogP contribution is -2.42. The Labute approximate surface area is 119 Å². The lowest BCUT2D eigenvalue weighted by molar-refractivity contribution is -0.387. The van der Waals surface area contributed by atoms with Crippen LogP contribution in [-0.2, 0) is 4.79 Å². The fourth-order valence-electron chi connectivity index (χ4n) is 2.33. The molecule has 112 valence electrons. The maximum absolute atomic E-state index is 13.2. The Kier molecular flexibility index (Phi) is 4.15. The van der Waals surface area contributed by atoms with Crippen LogP contribution in [0, 0.1) is 21.8 Å². The first kappa shape index (κ1) is 14.9. The van der Waals surface area contributed by atoms with Crippen LogP contribution < -0.4 is 0 Å². The van der Waals surface area contributed by atoms with Crippen molar-refractivity contribution in [3.05, 3.63) is 39.7 Å². The molecule has 0 saturated carbocycles. The van der Waals surface area contributed by atoms with E-state index in [-0.39, 0.29) is 12.1 Å². The van der Waals surface area contributed by atoms with Gasteiger partial charge in [-0.05, 0) is 25.0 Å². The summed E-state index contributed by atoms with van der Waals surface area (Å²) in [6.45, 7) is 0.438. The molecule has 0 bridgehead atoms. The average Bonchev–Trinajstić information content (AvgIpc) is 2.46. The summed E-state index contributed by atoms with van der Waals surface area (Å²) in [4.78, 5) is 34.3. The number of halogens is 1. The van der Waals surface area contributed by atoms with Gasteiger partial charge in [-0.2, -0.15) is 4.39 Å². The molecule has 0 spiro atoms. The Bertz CT molecular complexity index is 604. The number of hydrogen-bond acceptors (Lipinski definition) is 4. The first-order valence-electron chi connectivity index (χ1n) is 6.36. The Morgan fingerprint density at radius 3 is 2.76 bits per heavy atom. The fraction of sp³-hybridized carbons (Fsp3) is 0.385. The van der Waals surface area contributed by atoms with Crippen molar-refractivity contribution in [3.63, 3.8) is 0 Å². The second-order valence-electron chi connectivity index (χ2n) is 4.85. The molecule has 1 heterocycles. The molecule has 0 aromatic heterocycles. The molecule has 0 radical (unpaired) electrons. The topological polar surface area (TPSA) is 101 Å². The summed E-state index contributed by atoms with van der Waals surface area (Å²) in [6, 6.07) is 2.90. The van der Waals surface area contributed by atoms with Crippen LogP contribution in [0.5, 0.6) is 0 Å². The molecule has 1 amide bonds. The predicted octanol–water partition coefficient (Wildman–Crippen LogP) is 1.67. The minimum Gasteiger partial charge on any atom is -0.481 e. The molecule has 1 saturated heterocycles. The average molecular weight is 296 g/mol. The van der Waals surface area contributed by atoms with E-state index < -0.39 is 34.2 Å². The molecule has 1 fully saturated rings. The van der Waals surface area contributed by atoms with Crippen LogP contribution >= 0.6 is 0 Å². The van der Waals surface area contributed by atoms with Crippen LogP contribution in [-0.4, -0.2) is 39.9 Å². The molecule has 1 aromatic rings. The van der Waals surface area contributed by atoms with Crippen LogP contribution in [0.3, 0.4) is 0 Å². The van der Waals surface area contributed by atoms with Gasteiger partial charge in [0, 0.05) is 24.7 Å². The summed E-state index contributed by atoms with van der Waals surface area (Å²) in [7, 11) is 0. The summed E-state index contributed by atoms with van der Waals surface area (Å²) in [5, 5.41) is 19.7. The number of piperidine rings is 1. The molecule has 0 aliphatic carbocycles. The fourth-order valence-corrected chi connectivity index (χ4v) is 2.33. The van der Waals surface area contributed by atoms with E-state index in [2.05, 4.69) is 0 Å². The lowest BCUT2D eigenvalue weighted by atomic mass is 9.97. The SMILES string of the molecule is O=C(O)C1CCCN(C(=O)c2ccc(F)c([N+](=O)[O-])c2)C1. The van der Waals surface area contributed by atoms with Gasteiger partial charge in [0.1, 0.15) is 0 Å². The maximum Gasteiger partial charge on any atom is 0.308 e. The van der Waals surface area contributed by atoms with Crippen molar-refractivity contribution in [2.24, 2.45) is 5.92 Å². The molecule has 2 rings (SSSR count). The molecule has 1 aromatic carbocycles. The summed E-state index contributed by atoms with van der Waals surface area (Å²) in [5.41, 5.74) is -0.790. The summed E-state index contributed by atoms with van der Waals surface area (Å²) in [6.07, 6.45) is 1.04. The number of carbonyl (C=O) groups is 2. The highest BCUT2D eigenvalue weighted by molar-refractivity contribution is 5.95. The number of hydrogen-bond donors (Lipinski definition) is 1. The van der Waals surface area contributed by atoms with E-state index in [1.807, 2.05) is 0 Å². The lowest BCUT2D eigenvalue weighted by Gasteiger charge is -2.30. The number of rotatable bonds is 3. The highest BCUT2D eigenvalue weighted by Gasteiger charge is 2.29. The number of benzene rings is 1. The Hall–Kier alpha value is -2.51. The molecule has 8 heteroatoms. The molecule has 1 N–H and O–H groups in total. The van der Waals surface area contributed by atoms with E-state index in [9.17, 15) is 24.1 Å². The Morgan fingerprint density at radius 2 is 2.14 bits per heavy atom. The van der Waals surface area contributed by atoms with Gasteiger partial charge in [-0.25, -0.2) is 0 Å². The largest absolute Gasteiger partial charge is 0.481 e. The monoisotopic (exact) mass is 296 g/mol. The van der Waals surface area contributed by atoms with E-state index >= 15 is 0 Å². The Balaban J connectivity index is 2.22. The Morgan fingerprint density at radius 1 is 1.43 bits per heavy atom. The third-order valence-electron chi connectivity index (χ3n) is 3.45. The molecule has 1 unspecified atom stereocenters. The highest BCUT2D eigenvalue weighted by Crippen LogP contribution is 2.22. The zero-order chi connectivity index (χ0) is 15.6. The van der Waals surface area contributed by atoms with Crippen molar-refractivity contribution >= 4 is 17.6 Å². The van der Waals surface area contributed by atoms with E-state index in [0.29, 0.717) is 19.4 Å². The van der Waals surface area contributed by atoms with E-state index in [0.717, 1.165) is 18.2 Å². The van der Waals surface area contributed by atoms with E-state index in [4.69, 9.17) is 5.11 Å². The van der Waals surface area contributed by atoms with Crippen molar-refractivity contribution in [3.8, 4) is 0 Å². The standard InChI is InChI=1S/C13H13FN2O5/c14-10-4-3-8(6-11(10)16(20)21)12(17)15-5-1-2-9(7-15)13(18)19/h3-4,6,9H,1-2,5,7H2,(H,18,19). The van der Waals surface area contributed by atoms with Crippen LogP contribution in [0.2, 0.25) is 0 Å². The zero-order valence-corrected chi connectivity index (χ0v) is 11.0. The number of likely N-dealkylation sites (tertiary alicyclic amines) is 1. The van der Waals surface area contributed by atoms with Gasteiger partial charge in [0.15, 0.2) is 0 Å². The van der Waals surface area contributed by atoms with Gasteiger partial charge in [0.2, 0.25) is 5.82 Å². The van der Waals surface area contributed by atoms with Crippen molar-refractivity contribution in [1.29, 1.82) is 0 Å². The number of nitro benzene ring substituents is 1. The number of carboxylic acids is 1. The molecular formula is C13H13FN2O5. The van der Waals surface area contributed by atoms with Gasteiger partial charge in [0.25, 0.3) is 5.91 Å². The predicted molar refractivity (Wildman–Crippen MR) is 69.3 cm³/mol. The van der Waals surface area contributed by atoms with Gasteiger partial charge in [-0.15, -0.1) is 0 Å². The molecule has 7 nitrogen and oxygen atoms in total. The normalized spacial score (nSPS) is 18.3. The van der Waals surface area contributed by atoms with Crippen LogP contribution in [0.1, 0.15) is 23.2 Å². The van der Waals surface area contributed by atoms with E-state index in [1.165, 1.54) is 4.90 Å². The van der Waals surface area contributed by atoms with Crippen molar-refractivity contribution in [2.75, 3.05) is 13.1 Å². The minimum atomic E-state index is -1.02. The van der Waals surface area contributed by atoms with Gasteiger partial charge in [-0.3, -0.25) is 19.7 Å². The second kappa shape index (κ2) is 5.86. The first-order chi connectivity index (χ1) is 9.90. The van der Waals surface area contributed by atoms with Crippen molar-refractivity contribution in [1.82, 2.24) is 4.90 Å². The summed E-state index contributed by atoms with van der Waals surface area (Å²) < 4.78 is 13.2. The van der Waals surface area contributed by atoms with E-state index in [1.54, 1.807) is 0 Å². The number of amides is 1. The second-order valence-corrected chi connectivity index (χ2v) is 4.85. The molecular weight excluding hydrogens is 283 g/mol. The zero-order valence-electron chi connectivity index (χ0n) is 11.0. The molecule has 1 aliphatic rings. The number of aliphatic carboxylic acids is 1. The van der Waals surface area contributed by atoms with Gasteiger partial charge < -0.3 is 10.0 Å². The maximum atomic E-state index is 13.2. The number of nitrogens with zero attached hydrogens (tertiary/aromatic N) is 2. The van der Waals surface area contributed by atoms with Crippen LogP contribution in [0.15, 0.2) is 18.2 Å². The molecule has 21 heavy (non-hydrogen) atoms. The number of carbonyl (C=O) groups excluding carboxylic acids is 1. The van der Waals surface area contributed by atoms with Crippen LogP contribution in [0.4, 0.5) is 10.1 Å². The first-order valence-corrected chi connectivity index (χ1v) is 6.36. The highest BCUT2D eigenvalue weighted by atomic mass is 19.1. The smallest absolute Gasteiger partial charge is 0.308 e. The number of nitro groups is 1. The third-order valence-corrected chi connectivity index (χ3v) is 3.45. The van der Waals surface area contributed by atoms with Crippen molar-refractivity contribution in [2.45, 2.75) is 12.8 Å². The molecule has 1 atom stereocenters. The quantitative estimate of drug-likeness (QED) is 0.675. The van der Waals surface area contributed by atoms with Gasteiger partial charge >= 0.3 is 11.7 Å². The molecule has 1 aliphatic heterocycles. The van der Waals surface area contributed by atoms with Gasteiger partial charge in [0.05, 0.1) is 10.8 Å². The minimum absolute atomic E-state index is 0.0193. The van der Waals surface area contributed by atoms with Crippen molar-refractivity contribution < 1.29 is 24.0 Å². The third kappa shape index (κ3) is 3.15. The van der Waals surface area contributed by atoms with Gasteiger partial charge in [-0.1, -0.05) is 0 Å². The number of carboxylic acid groups (broad SMARTS) is 1. The van der Waals surface area contributed by atoms with Crippen LogP contribution in [0.25, 0.3) is 0 Å².